The molecular weight excluding hydrogens is 236 g/mol. The molecule has 0 spiro atoms. The van der Waals surface area contributed by atoms with Crippen molar-refractivity contribution in [3.63, 3.8) is 0 Å². The van der Waals surface area contributed by atoms with Crippen molar-refractivity contribution in [2.75, 3.05) is 0 Å². The van der Waals surface area contributed by atoms with Crippen molar-refractivity contribution in [1.82, 2.24) is 9.38 Å². The summed E-state index contributed by atoms with van der Waals surface area (Å²) in [5.74, 6) is 0.978. The van der Waals surface area contributed by atoms with Gasteiger partial charge < -0.3 is 5.11 Å². The maximum atomic E-state index is 9.70. The summed E-state index contributed by atoms with van der Waals surface area (Å²) in [6.45, 7) is 0. The van der Waals surface area contributed by atoms with Crippen LogP contribution in [0, 0.1) is 0 Å². The van der Waals surface area contributed by atoms with Gasteiger partial charge in [0.15, 0.2) is 0 Å². The summed E-state index contributed by atoms with van der Waals surface area (Å²) in [5.41, 5.74) is 1.60. The molecule has 0 aliphatic rings. The van der Waals surface area contributed by atoms with Gasteiger partial charge >= 0.3 is 0 Å². The number of hydrogen-bond acceptors (Lipinski definition) is 2. The second-order valence-electron chi connectivity index (χ2n) is 3.74. The van der Waals surface area contributed by atoms with Crippen molar-refractivity contribution in [1.29, 1.82) is 0 Å². The van der Waals surface area contributed by atoms with Gasteiger partial charge in [-0.2, -0.15) is 0 Å². The van der Waals surface area contributed by atoms with E-state index < -0.39 is 0 Å². The lowest BCUT2D eigenvalue weighted by molar-refractivity contribution is 0.479. The van der Waals surface area contributed by atoms with Crippen molar-refractivity contribution in [3.05, 3.63) is 53.8 Å². The first-order chi connectivity index (χ1) is 8.25. The first-order valence-corrected chi connectivity index (χ1v) is 5.54. The third kappa shape index (κ3) is 1.65. The Bertz CT molecular complexity index is 691. The molecule has 4 heteroatoms. The van der Waals surface area contributed by atoms with Crippen LogP contribution in [0.2, 0.25) is 5.02 Å². The van der Waals surface area contributed by atoms with E-state index in [9.17, 15) is 5.11 Å². The third-order valence-electron chi connectivity index (χ3n) is 2.63. The number of benzene rings is 1. The summed E-state index contributed by atoms with van der Waals surface area (Å²) < 4.78 is 1.83. The van der Waals surface area contributed by atoms with Gasteiger partial charge in [-0.15, -0.1) is 0 Å². The first-order valence-electron chi connectivity index (χ1n) is 5.17. The molecule has 84 valence electrons. The number of fused-ring (bicyclic) bond motifs is 1. The Kier molecular flexibility index (Phi) is 2.27. The number of pyridine rings is 1. The number of aromatic hydroxyl groups is 1. The highest BCUT2D eigenvalue weighted by atomic mass is 35.5. The SMILES string of the molecule is Oc1cccn2c(-c3cccc(Cl)c3)ncc12. The molecule has 1 N–H and O–H groups in total. The van der Waals surface area contributed by atoms with Crippen LogP contribution in [0.3, 0.4) is 0 Å². The molecule has 2 heterocycles. The van der Waals surface area contributed by atoms with Crippen LogP contribution in [0.25, 0.3) is 16.9 Å². The fourth-order valence-corrected chi connectivity index (χ4v) is 2.04. The smallest absolute Gasteiger partial charge is 0.144 e. The summed E-state index contributed by atoms with van der Waals surface area (Å²) >= 11 is 5.96. The van der Waals surface area contributed by atoms with Crippen LogP contribution in [0.5, 0.6) is 5.75 Å². The van der Waals surface area contributed by atoms with Crippen LogP contribution in [0.4, 0.5) is 0 Å². The largest absolute Gasteiger partial charge is 0.506 e. The molecule has 0 bridgehead atoms. The summed E-state index contributed by atoms with van der Waals surface area (Å²) in [4.78, 5) is 4.31. The molecule has 1 aromatic carbocycles. The highest BCUT2D eigenvalue weighted by molar-refractivity contribution is 6.30. The summed E-state index contributed by atoms with van der Waals surface area (Å²) in [7, 11) is 0. The average Bonchev–Trinajstić information content (AvgIpc) is 2.74. The molecule has 0 unspecified atom stereocenters. The van der Waals surface area contributed by atoms with E-state index in [0.717, 1.165) is 11.4 Å². The maximum absolute atomic E-state index is 9.70. The standard InChI is InChI=1S/C13H9ClN2O/c14-10-4-1-3-9(7-10)13-15-8-11-12(17)5-2-6-16(11)13/h1-8,17H. The minimum atomic E-state index is 0.216. The highest BCUT2D eigenvalue weighted by Crippen LogP contribution is 2.26. The van der Waals surface area contributed by atoms with Crippen LogP contribution in [0.15, 0.2) is 48.8 Å². The van der Waals surface area contributed by atoms with Crippen molar-refractivity contribution in [2.45, 2.75) is 0 Å². The predicted molar refractivity (Wildman–Crippen MR) is 67.3 cm³/mol. The minimum Gasteiger partial charge on any atom is -0.506 e. The third-order valence-corrected chi connectivity index (χ3v) is 2.87. The Morgan fingerprint density at radius 3 is 2.88 bits per heavy atom. The second kappa shape index (κ2) is 3.79. The van der Waals surface area contributed by atoms with Gasteiger partial charge in [0.2, 0.25) is 0 Å². The molecule has 0 saturated heterocycles. The summed E-state index contributed by atoms with van der Waals surface area (Å²) in [6.07, 6.45) is 3.50. The van der Waals surface area contributed by atoms with Gasteiger partial charge in [-0.3, -0.25) is 4.40 Å². The lowest BCUT2D eigenvalue weighted by Gasteiger charge is -2.02. The van der Waals surface area contributed by atoms with Crippen LogP contribution < -0.4 is 0 Å². The molecule has 0 atom stereocenters. The van der Waals surface area contributed by atoms with Gasteiger partial charge in [0.25, 0.3) is 0 Å². The first kappa shape index (κ1) is 10.2. The van der Waals surface area contributed by atoms with Crippen LogP contribution in [-0.2, 0) is 0 Å². The van der Waals surface area contributed by atoms with Crippen LogP contribution >= 0.6 is 11.6 Å². The van der Waals surface area contributed by atoms with Crippen LogP contribution in [-0.4, -0.2) is 14.5 Å². The topological polar surface area (TPSA) is 37.5 Å². The Labute approximate surface area is 103 Å². The number of rotatable bonds is 1. The second-order valence-corrected chi connectivity index (χ2v) is 4.18. The molecule has 0 amide bonds. The number of aromatic nitrogens is 2. The molecular formula is C13H9ClN2O. The molecule has 0 aliphatic heterocycles. The predicted octanol–water partition coefficient (Wildman–Crippen LogP) is 3.36. The van der Waals surface area contributed by atoms with Gasteiger partial charge in [0.1, 0.15) is 17.1 Å². The summed E-state index contributed by atoms with van der Waals surface area (Å²) in [5, 5.41) is 10.4. The zero-order valence-corrected chi connectivity index (χ0v) is 9.59. The van der Waals surface area contributed by atoms with E-state index in [2.05, 4.69) is 4.98 Å². The Hall–Kier alpha value is -2.00. The Balaban J connectivity index is 2.28. The van der Waals surface area contributed by atoms with E-state index in [0.29, 0.717) is 10.5 Å². The fourth-order valence-electron chi connectivity index (χ4n) is 1.85. The average molecular weight is 245 g/mol. The molecule has 3 nitrogen and oxygen atoms in total. The zero-order chi connectivity index (χ0) is 11.8. The zero-order valence-electron chi connectivity index (χ0n) is 8.84. The van der Waals surface area contributed by atoms with Gasteiger partial charge in [-0.05, 0) is 24.3 Å². The summed E-state index contributed by atoms with van der Waals surface area (Å²) in [6, 6.07) is 10.9. The Morgan fingerprint density at radius 1 is 1.18 bits per heavy atom. The Morgan fingerprint density at radius 2 is 2.06 bits per heavy atom. The lowest BCUT2D eigenvalue weighted by atomic mass is 10.2. The molecule has 0 radical (unpaired) electrons. The van der Waals surface area contributed by atoms with Gasteiger partial charge in [0.05, 0.1) is 6.20 Å². The van der Waals surface area contributed by atoms with E-state index in [1.165, 1.54) is 0 Å². The molecule has 3 rings (SSSR count). The molecule has 0 fully saturated rings. The minimum absolute atomic E-state index is 0.216. The lowest BCUT2D eigenvalue weighted by Crippen LogP contribution is -1.88. The van der Waals surface area contributed by atoms with E-state index >= 15 is 0 Å². The molecule has 3 aromatic rings. The van der Waals surface area contributed by atoms with E-state index in [1.54, 1.807) is 18.3 Å². The van der Waals surface area contributed by atoms with E-state index in [-0.39, 0.29) is 5.75 Å². The van der Waals surface area contributed by atoms with Crippen molar-refractivity contribution in [3.8, 4) is 17.1 Å². The molecule has 17 heavy (non-hydrogen) atoms. The normalized spacial score (nSPS) is 10.9. The maximum Gasteiger partial charge on any atom is 0.144 e. The van der Waals surface area contributed by atoms with Gasteiger partial charge in [0, 0.05) is 16.8 Å². The molecule has 2 aromatic heterocycles. The number of hydrogen-bond donors (Lipinski definition) is 1. The fraction of sp³-hybridized carbons (Fsp3) is 0. The van der Waals surface area contributed by atoms with Gasteiger partial charge in [-0.25, -0.2) is 4.98 Å². The van der Waals surface area contributed by atoms with Crippen LogP contribution in [0.1, 0.15) is 0 Å². The number of halogens is 1. The molecule has 0 saturated carbocycles. The van der Waals surface area contributed by atoms with Gasteiger partial charge in [-0.1, -0.05) is 23.7 Å². The van der Waals surface area contributed by atoms with E-state index in [1.807, 2.05) is 34.9 Å². The van der Waals surface area contributed by atoms with Crippen molar-refractivity contribution >= 4 is 17.1 Å². The quantitative estimate of drug-likeness (QED) is 0.713. The van der Waals surface area contributed by atoms with E-state index in [4.69, 9.17) is 11.6 Å². The highest BCUT2D eigenvalue weighted by Gasteiger charge is 2.08. The monoisotopic (exact) mass is 244 g/mol. The number of imidazole rings is 1. The number of nitrogens with zero attached hydrogens (tertiary/aromatic N) is 2. The molecule has 0 aliphatic carbocycles. The van der Waals surface area contributed by atoms with Crippen molar-refractivity contribution in [2.24, 2.45) is 0 Å². The van der Waals surface area contributed by atoms with Crippen molar-refractivity contribution < 1.29 is 5.11 Å².